The van der Waals surface area contributed by atoms with Crippen LogP contribution in [-0.4, -0.2) is 35.6 Å². The third-order valence-corrected chi connectivity index (χ3v) is 4.10. The average molecular weight is 419 g/mol. The molecule has 1 aromatic rings. The second-order valence-electron chi connectivity index (χ2n) is 5.53. The zero-order valence-corrected chi connectivity index (χ0v) is 15.0. The Morgan fingerprint density at radius 2 is 1.82 bits per heavy atom. The highest BCUT2D eigenvalue weighted by molar-refractivity contribution is 14.1. The maximum Gasteiger partial charge on any atom is 0.119 e. The van der Waals surface area contributed by atoms with Crippen LogP contribution in [0.25, 0.3) is 0 Å². The molecule has 0 aliphatic carbocycles. The Labute approximate surface area is 146 Å². The highest BCUT2D eigenvalue weighted by Crippen LogP contribution is 2.16. The van der Waals surface area contributed by atoms with Crippen molar-refractivity contribution in [3.8, 4) is 5.75 Å². The van der Waals surface area contributed by atoms with Gasteiger partial charge < -0.3 is 20.7 Å². The van der Waals surface area contributed by atoms with Gasteiger partial charge in [0.05, 0.1) is 25.4 Å². The van der Waals surface area contributed by atoms with E-state index in [0.717, 1.165) is 43.6 Å². The predicted octanol–water partition coefficient (Wildman–Crippen LogP) is 2.80. The first kappa shape index (κ1) is 19.4. The molecule has 0 fully saturated rings. The third kappa shape index (κ3) is 7.58. The molecule has 0 radical (unpaired) electrons. The van der Waals surface area contributed by atoms with Crippen LogP contribution in [0.15, 0.2) is 34.4 Å². The molecular weight excluding hydrogens is 393 g/mol. The molecule has 0 aromatic heterocycles. The zero-order valence-electron chi connectivity index (χ0n) is 12.9. The van der Waals surface area contributed by atoms with Crippen LogP contribution in [0.4, 0.5) is 0 Å². The summed E-state index contributed by atoms with van der Waals surface area (Å²) in [5.74, 6) is 0.872. The van der Waals surface area contributed by atoms with E-state index in [1.165, 1.54) is 0 Å². The number of benzene rings is 1. The highest BCUT2D eigenvalue weighted by Gasteiger charge is 2.22. The van der Waals surface area contributed by atoms with Gasteiger partial charge >= 0.3 is 0 Å². The van der Waals surface area contributed by atoms with Crippen molar-refractivity contribution in [2.75, 3.05) is 19.8 Å². The molecule has 0 spiro atoms. The number of hydrogen-bond acceptors (Lipinski definition) is 4. The summed E-state index contributed by atoms with van der Waals surface area (Å²) in [5.41, 5.74) is 6.08. The first-order valence-electron chi connectivity index (χ1n) is 7.61. The van der Waals surface area contributed by atoms with E-state index in [4.69, 9.17) is 10.5 Å². The minimum atomic E-state index is -0.901. The zero-order chi connectivity index (χ0) is 16.3. The van der Waals surface area contributed by atoms with Crippen molar-refractivity contribution in [2.24, 2.45) is 5.73 Å². The molecule has 0 bridgehead atoms. The second kappa shape index (κ2) is 11.0. The van der Waals surface area contributed by atoms with Gasteiger partial charge in [0, 0.05) is 0 Å². The Hall–Kier alpha value is -0.630. The molecule has 0 amide bonds. The normalized spacial score (nSPS) is 12.0. The number of halogens is 1. The average Bonchev–Trinajstić information content (AvgIpc) is 2.57. The number of allylic oxidation sites excluding steroid dienone is 1. The summed E-state index contributed by atoms with van der Waals surface area (Å²) in [4.78, 5) is 0. The van der Waals surface area contributed by atoms with E-state index >= 15 is 0 Å². The Balaban J connectivity index is 2.31. The third-order valence-electron chi connectivity index (χ3n) is 3.59. The number of ether oxygens (including phenoxy) is 1. The quantitative estimate of drug-likeness (QED) is 0.381. The van der Waals surface area contributed by atoms with E-state index < -0.39 is 5.54 Å². The number of hydrogen-bond donors (Lipinski definition) is 3. The number of nitrogens with two attached hydrogens (primary N) is 1. The summed E-state index contributed by atoms with van der Waals surface area (Å²) in [6.45, 7) is 0.310. The molecule has 22 heavy (non-hydrogen) atoms. The lowest BCUT2D eigenvalue weighted by Gasteiger charge is -2.24. The number of unbranched alkanes of at least 4 members (excludes halogenated alkanes) is 2. The number of aliphatic hydroxyl groups is 2. The Morgan fingerprint density at radius 3 is 2.41 bits per heavy atom. The first-order chi connectivity index (χ1) is 10.6. The topological polar surface area (TPSA) is 75.7 Å². The van der Waals surface area contributed by atoms with Gasteiger partial charge in [0.15, 0.2) is 0 Å². The van der Waals surface area contributed by atoms with Gasteiger partial charge in [-0.2, -0.15) is 0 Å². The number of aryl methyl sites for hydroxylation is 1. The van der Waals surface area contributed by atoms with Crippen LogP contribution in [0.5, 0.6) is 5.75 Å². The molecule has 4 N–H and O–H groups in total. The van der Waals surface area contributed by atoms with Crippen LogP contribution in [-0.2, 0) is 6.42 Å². The van der Waals surface area contributed by atoms with Gasteiger partial charge in [0.2, 0.25) is 0 Å². The smallest absolute Gasteiger partial charge is 0.119 e. The van der Waals surface area contributed by atoms with Gasteiger partial charge in [-0.3, -0.25) is 0 Å². The summed E-state index contributed by atoms with van der Waals surface area (Å²) in [5, 5.41) is 18.3. The molecule has 0 heterocycles. The van der Waals surface area contributed by atoms with Gasteiger partial charge in [-0.25, -0.2) is 0 Å². The summed E-state index contributed by atoms with van der Waals surface area (Å²) in [6.07, 6.45) is 6.71. The molecule has 1 aromatic carbocycles. The van der Waals surface area contributed by atoms with Gasteiger partial charge in [-0.05, 0) is 53.9 Å². The lowest BCUT2D eigenvalue weighted by Crippen LogP contribution is -2.47. The summed E-state index contributed by atoms with van der Waals surface area (Å²) in [7, 11) is 0. The molecule has 5 heteroatoms. The van der Waals surface area contributed by atoms with E-state index in [1.54, 1.807) is 0 Å². The molecule has 0 aliphatic rings. The van der Waals surface area contributed by atoms with Gasteiger partial charge in [-0.1, -0.05) is 40.8 Å². The maximum atomic E-state index is 9.17. The van der Waals surface area contributed by atoms with Crippen molar-refractivity contribution in [3.05, 3.63) is 40.0 Å². The second-order valence-corrected chi connectivity index (χ2v) is 6.25. The molecule has 124 valence electrons. The number of rotatable bonds is 11. The van der Waals surface area contributed by atoms with Crippen LogP contribution in [0.2, 0.25) is 0 Å². The molecule has 0 aliphatic heterocycles. The van der Waals surface area contributed by atoms with Crippen molar-refractivity contribution in [1.82, 2.24) is 0 Å². The minimum absolute atomic E-state index is 0.211. The molecule has 0 saturated carbocycles. The standard InChI is InChI=1S/C17H26INO3/c18-11-3-1-2-4-12-22-16-7-5-15(6-8-16)9-10-17(19,13-20)14-21/h3,5-8,11,20-21H,1-2,4,9-10,12-14,19H2. The van der Waals surface area contributed by atoms with Gasteiger partial charge in [0.1, 0.15) is 5.75 Å². The van der Waals surface area contributed by atoms with Crippen molar-refractivity contribution < 1.29 is 14.9 Å². The van der Waals surface area contributed by atoms with Crippen LogP contribution < -0.4 is 10.5 Å². The van der Waals surface area contributed by atoms with Gasteiger partial charge in [0.25, 0.3) is 0 Å². The predicted molar refractivity (Wildman–Crippen MR) is 98.4 cm³/mol. The maximum absolute atomic E-state index is 9.17. The minimum Gasteiger partial charge on any atom is -0.494 e. The van der Waals surface area contributed by atoms with Crippen molar-refractivity contribution >= 4 is 22.6 Å². The fourth-order valence-electron chi connectivity index (χ4n) is 1.97. The monoisotopic (exact) mass is 419 g/mol. The molecule has 0 unspecified atom stereocenters. The first-order valence-corrected chi connectivity index (χ1v) is 8.85. The molecule has 0 atom stereocenters. The van der Waals surface area contributed by atoms with E-state index in [0.29, 0.717) is 6.42 Å². The molecule has 4 nitrogen and oxygen atoms in total. The lowest BCUT2D eigenvalue weighted by atomic mass is 9.94. The van der Waals surface area contributed by atoms with Crippen molar-refractivity contribution in [3.63, 3.8) is 0 Å². The largest absolute Gasteiger partial charge is 0.494 e. The van der Waals surface area contributed by atoms with E-state index in [-0.39, 0.29) is 13.2 Å². The van der Waals surface area contributed by atoms with E-state index in [9.17, 15) is 10.2 Å². The van der Waals surface area contributed by atoms with Crippen LogP contribution >= 0.6 is 22.6 Å². The van der Waals surface area contributed by atoms with Crippen molar-refractivity contribution in [2.45, 2.75) is 37.6 Å². The Morgan fingerprint density at radius 1 is 1.14 bits per heavy atom. The Bertz CT molecular complexity index is 430. The SMILES string of the molecule is NC(CO)(CO)CCc1ccc(OCCCCC=CI)cc1. The molecule has 0 saturated heterocycles. The van der Waals surface area contributed by atoms with Gasteiger partial charge in [-0.15, -0.1) is 0 Å². The molecule has 1 rings (SSSR count). The summed E-state index contributed by atoms with van der Waals surface area (Å²) in [6, 6.07) is 7.92. The van der Waals surface area contributed by atoms with E-state index in [1.807, 2.05) is 28.3 Å². The van der Waals surface area contributed by atoms with Crippen LogP contribution in [0, 0.1) is 0 Å². The van der Waals surface area contributed by atoms with E-state index in [2.05, 4.69) is 28.7 Å². The summed E-state index contributed by atoms with van der Waals surface area (Å²) < 4.78 is 7.74. The fourth-order valence-corrected chi connectivity index (χ4v) is 2.33. The van der Waals surface area contributed by atoms with Crippen LogP contribution in [0.1, 0.15) is 31.2 Å². The fraction of sp³-hybridized carbons (Fsp3) is 0.529. The summed E-state index contributed by atoms with van der Waals surface area (Å²) >= 11 is 2.23. The van der Waals surface area contributed by atoms with Crippen LogP contribution in [0.3, 0.4) is 0 Å². The Kier molecular flexibility index (Phi) is 9.70. The lowest BCUT2D eigenvalue weighted by molar-refractivity contribution is 0.115. The van der Waals surface area contributed by atoms with Crippen molar-refractivity contribution in [1.29, 1.82) is 0 Å². The number of aliphatic hydroxyl groups excluding tert-OH is 2. The molecular formula is C17H26INO3. The highest BCUT2D eigenvalue weighted by atomic mass is 127.